The van der Waals surface area contributed by atoms with Crippen LogP contribution in [0.2, 0.25) is 5.02 Å². The third kappa shape index (κ3) is 4.37. The Labute approximate surface area is 139 Å². The molecule has 0 aliphatic heterocycles. The van der Waals surface area contributed by atoms with Crippen LogP contribution in [0.5, 0.6) is 0 Å². The van der Waals surface area contributed by atoms with Crippen molar-refractivity contribution < 1.29 is 13.2 Å². The molecule has 0 saturated carbocycles. The lowest BCUT2D eigenvalue weighted by Gasteiger charge is -2.11. The Morgan fingerprint density at radius 1 is 1.09 bits per heavy atom. The van der Waals surface area contributed by atoms with Crippen molar-refractivity contribution in [3.05, 3.63) is 53.1 Å². The first-order valence-electron chi connectivity index (χ1n) is 6.69. The van der Waals surface area contributed by atoms with Crippen LogP contribution in [0.25, 0.3) is 0 Å². The standard InChI is InChI=1S/C15H16ClN3O3S/c1-10-6-7-14(13(16)8-10)23(21,22)19-12-5-3-4-11(9-12)18-15(20)17-2/h3-9,19H,1-2H3,(H2,17,18,20). The van der Waals surface area contributed by atoms with Crippen molar-refractivity contribution in [2.45, 2.75) is 11.8 Å². The van der Waals surface area contributed by atoms with E-state index in [4.69, 9.17) is 11.6 Å². The average Bonchev–Trinajstić information content (AvgIpc) is 2.46. The molecular formula is C15H16ClN3O3S. The second-order valence-electron chi connectivity index (χ2n) is 4.82. The van der Waals surface area contributed by atoms with Crippen LogP contribution in [0.1, 0.15) is 5.56 Å². The fraction of sp³-hybridized carbons (Fsp3) is 0.133. The van der Waals surface area contributed by atoms with E-state index in [1.54, 1.807) is 30.3 Å². The summed E-state index contributed by atoms with van der Waals surface area (Å²) in [5.74, 6) is 0. The van der Waals surface area contributed by atoms with Crippen molar-refractivity contribution >= 4 is 39.0 Å². The molecule has 0 aliphatic carbocycles. The normalized spacial score (nSPS) is 10.9. The minimum absolute atomic E-state index is 0.00516. The highest BCUT2D eigenvalue weighted by Gasteiger charge is 2.18. The van der Waals surface area contributed by atoms with Gasteiger partial charge in [0.15, 0.2) is 0 Å². The van der Waals surface area contributed by atoms with Gasteiger partial charge in [0, 0.05) is 12.7 Å². The summed E-state index contributed by atoms with van der Waals surface area (Å²) in [6.07, 6.45) is 0. The fourth-order valence-electron chi connectivity index (χ4n) is 1.89. The van der Waals surface area contributed by atoms with E-state index in [0.717, 1.165) is 5.56 Å². The lowest BCUT2D eigenvalue weighted by atomic mass is 10.2. The summed E-state index contributed by atoms with van der Waals surface area (Å²) >= 11 is 6.01. The van der Waals surface area contributed by atoms with Gasteiger partial charge in [0.25, 0.3) is 10.0 Å². The number of sulfonamides is 1. The van der Waals surface area contributed by atoms with Gasteiger partial charge in [0.2, 0.25) is 0 Å². The highest BCUT2D eigenvalue weighted by Crippen LogP contribution is 2.25. The van der Waals surface area contributed by atoms with E-state index in [-0.39, 0.29) is 9.92 Å². The zero-order valence-corrected chi connectivity index (χ0v) is 14.1. The molecule has 0 radical (unpaired) electrons. The first-order chi connectivity index (χ1) is 10.8. The van der Waals surface area contributed by atoms with Gasteiger partial charge in [-0.3, -0.25) is 4.72 Å². The van der Waals surface area contributed by atoms with Crippen molar-refractivity contribution in [3.8, 4) is 0 Å². The van der Waals surface area contributed by atoms with Crippen LogP contribution >= 0.6 is 11.6 Å². The Morgan fingerprint density at radius 2 is 1.78 bits per heavy atom. The van der Waals surface area contributed by atoms with Crippen molar-refractivity contribution in [2.75, 3.05) is 17.1 Å². The van der Waals surface area contributed by atoms with Crippen molar-refractivity contribution in [2.24, 2.45) is 0 Å². The molecule has 0 heterocycles. The Hall–Kier alpha value is -2.25. The number of hydrogen-bond acceptors (Lipinski definition) is 3. The monoisotopic (exact) mass is 353 g/mol. The largest absolute Gasteiger partial charge is 0.341 e. The number of urea groups is 1. The van der Waals surface area contributed by atoms with Gasteiger partial charge in [-0.25, -0.2) is 13.2 Å². The van der Waals surface area contributed by atoms with Crippen LogP contribution in [-0.2, 0) is 10.0 Å². The maximum absolute atomic E-state index is 12.4. The summed E-state index contributed by atoms with van der Waals surface area (Å²) in [5.41, 5.74) is 1.64. The Balaban J connectivity index is 2.27. The van der Waals surface area contributed by atoms with Gasteiger partial charge in [-0.05, 0) is 42.8 Å². The number of halogens is 1. The number of carbonyl (C=O) groups excluding carboxylic acids is 1. The Bertz CT molecular complexity index is 838. The molecule has 23 heavy (non-hydrogen) atoms. The van der Waals surface area contributed by atoms with Gasteiger partial charge in [0.1, 0.15) is 4.90 Å². The molecule has 0 bridgehead atoms. The number of benzene rings is 2. The summed E-state index contributed by atoms with van der Waals surface area (Å²) in [6, 6.07) is 10.7. The molecule has 0 aromatic heterocycles. The van der Waals surface area contributed by atoms with Gasteiger partial charge in [-0.2, -0.15) is 0 Å². The summed E-state index contributed by atoms with van der Waals surface area (Å²) in [7, 11) is -2.33. The van der Waals surface area contributed by atoms with E-state index < -0.39 is 16.1 Å². The molecule has 3 N–H and O–H groups in total. The predicted molar refractivity (Wildman–Crippen MR) is 91.5 cm³/mol. The second kappa shape index (κ2) is 6.89. The van der Waals surface area contributed by atoms with Crippen molar-refractivity contribution in [1.82, 2.24) is 5.32 Å². The number of nitrogens with one attached hydrogen (secondary N) is 3. The third-order valence-corrected chi connectivity index (χ3v) is 4.84. The Kier molecular flexibility index (Phi) is 5.12. The van der Waals surface area contributed by atoms with E-state index in [2.05, 4.69) is 15.4 Å². The van der Waals surface area contributed by atoms with Gasteiger partial charge in [-0.15, -0.1) is 0 Å². The van der Waals surface area contributed by atoms with Crippen LogP contribution in [0.4, 0.5) is 16.2 Å². The summed E-state index contributed by atoms with van der Waals surface area (Å²) in [5, 5.41) is 5.13. The zero-order chi connectivity index (χ0) is 17.0. The fourth-order valence-corrected chi connectivity index (χ4v) is 3.54. The minimum Gasteiger partial charge on any atom is -0.341 e. The number of amides is 2. The van der Waals surface area contributed by atoms with E-state index in [9.17, 15) is 13.2 Å². The second-order valence-corrected chi connectivity index (χ2v) is 6.88. The summed E-state index contributed by atoms with van der Waals surface area (Å²) < 4.78 is 27.3. The maximum atomic E-state index is 12.4. The molecule has 0 unspecified atom stereocenters. The van der Waals surface area contributed by atoms with Crippen LogP contribution < -0.4 is 15.4 Å². The van der Waals surface area contributed by atoms with Crippen LogP contribution in [0.15, 0.2) is 47.4 Å². The summed E-state index contributed by atoms with van der Waals surface area (Å²) in [4.78, 5) is 11.3. The molecule has 122 valence electrons. The zero-order valence-electron chi connectivity index (χ0n) is 12.6. The highest BCUT2D eigenvalue weighted by molar-refractivity contribution is 7.92. The van der Waals surface area contributed by atoms with E-state index in [0.29, 0.717) is 11.4 Å². The molecule has 0 spiro atoms. The molecule has 0 aliphatic rings. The first kappa shape index (κ1) is 17.1. The SMILES string of the molecule is CNC(=O)Nc1cccc(NS(=O)(=O)c2ccc(C)cc2Cl)c1. The van der Waals surface area contributed by atoms with Crippen molar-refractivity contribution in [3.63, 3.8) is 0 Å². The van der Waals surface area contributed by atoms with Crippen LogP contribution in [-0.4, -0.2) is 21.5 Å². The topological polar surface area (TPSA) is 87.3 Å². The lowest BCUT2D eigenvalue weighted by molar-refractivity contribution is 0.254. The smallest absolute Gasteiger partial charge is 0.318 e. The van der Waals surface area contributed by atoms with Gasteiger partial charge >= 0.3 is 6.03 Å². The summed E-state index contributed by atoms with van der Waals surface area (Å²) in [6.45, 7) is 1.82. The number of aryl methyl sites for hydroxylation is 1. The predicted octanol–water partition coefficient (Wildman–Crippen LogP) is 3.20. The molecule has 2 amide bonds. The first-order valence-corrected chi connectivity index (χ1v) is 8.56. The molecule has 8 heteroatoms. The van der Waals surface area contributed by atoms with Crippen molar-refractivity contribution in [1.29, 1.82) is 0 Å². The van der Waals surface area contributed by atoms with Gasteiger partial charge in [-0.1, -0.05) is 23.7 Å². The van der Waals surface area contributed by atoms with E-state index >= 15 is 0 Å². The van der Waals surface area contributed by atoms with E-state index in [1.807, 2.05) is 6.92 Å². The highest BCUT2D eigenvalue weighted by atomic mass is 35.5. The molecule has 2 aromatic carbocycles. The molecule has 0 fully saturated rings. The minimum atomic E-state index is -3.82. The maximum Gasteiger partial charge on any atom is 0.318 e. The van der Waals surface area contributed by atoms with E-state index in [1.165, 1.54) is 19.2 Å². The molecule has 6 nitrogen and oxygen atoms in total. The molecule has 2 rings (SSSR count). The lowest BCUT2D eigenvalue weighted by Crippen LogP contribution is -2.24. The number of anilines is 2. The molecule has 0 saturated heterocycles. The van der Waals surface area contributed by atoms with Gasteiger partial charge < -0.3 is 10.6 Å². The quantitative estimate of drug-likeness (QED) is 0.788. The van der Waals surface area contributed by atoms with Crippen LogP contribution in [0.3, 0.4) is 0 Å². The van der Waals surface area contributed by atoms with Gasteiger partial charge in [0.05, 0.1) is 10.7 Å². The Morgan fingerprint density at radius 3 is 2.43 bits per heavy atom. The average molecular weight is 354 g/mol. The number of carbonyl (C=O) groups is 1. The molecule has 2 aromatic rings. The third-order valence-electron chi connectivity index (χ3n) is 2.98. The molecule has 0 atom stereocenters. The number of hydrogen-bond donors (Lipinski definition) is 3. The number of rotatable bonds is 4. The van der Waals surface area contributed by atoms with Crippen LogP contribution in [0, 0.1) is 6.92 Å². The molecular weight excluding hydrogens is 338 g/mol.